The number of aliphatic carboxylic acids is 1. The molecule has 1 amide bonds. The van der Waals surface area contributed by atoms with Gasteiger partial charge in [-0.1, -0.05) is 18.2 Å². The van der Waals surface area contributed by atoms with Gasteiger partial charge in [0, 0.05) is 22.8 Å². The summed E-state index contributed by atoms with van der Waals surface area (Å²) >= 11 is 0. The van der Waals surface area contributed by atoms with E-state index in [0.29, 0.717) is 16.5 Å². The number of anilines is 2. The number of ether oxygens (including phenoxy) is 1. The number of hydrogen-bond donors (Lipinski definition) is 2. The number of fused-ring (bicyclic) bond motifs is 1. The van der Waals surface area contributed by atoms with E-state index in [0.717, 1.165) is 5.06 Å². The Balaban J connectivity index is 2.01. The third-order valence-electron chi connectivity index (χ3n) is 4.63. The smallest absolute Gasteiger partial charge is 0.440 e. The normalized spacial score (nSPS) is 12.8. The van der Waals surface area contributed by atoms with Crippen LogP contribution in [0.2, 0.25) is 0 Å². The lowest BCUT2D eigenvalue weighted by Gasteiger charge is -2.31. The lowest BCUT2D eigenvalue weighted by molar-refractivity contribution is -0.138. The van der Waals surface area contributed by atoms with Crippen LogP contribution in [0.3, 0.4) is 0 Å². The van der Waals surface area contributed by atoms with Crippen molar-refractivity contribution >= 4 is 34.3 Å². The Morgan fingerprint density at radius 1 is 1.03 bits per heavy atom. The second-order valence-electron chi connectivity index (χ2n) is 9.99. The van der Waals surface area contributed by atoms with Crippen LogP contribution in [0.15, 0.2) is 54.7 Å². The zero-order valence-electron chi connectivity index (χ0n) is 20.6. The van der Waals surface area contributed by atoms with Crippen LogP contribution in [-0.2, 0) is 14.4 Å². The van der Waals surface area contributed by atoms with E-state index in [1.807, 2.05) is 0 Å². The van der Waals surface area contributed by atoms with Crippen LogP contribution >= 0.6 is 0 Å². The number of benzene rings is 2. The molecular weight excluding hydrogens is 453 g/mol. The van der Waals surface area contributed by atoms with Crippen molar-refractivity contribution in [2.45, 2.75) is 58.8 Å². The molecule has 0 aliphatic rings. The maximum atomic E-state index is 14.3. The second-order valence-corrected chi connectivity index (χ2v) is 9.99. The minimum absolute atomic E-state index is 0.0187. The molecule has 0 saturated carbocycles. The molecule has 0 aliphatic carbocycles. The van der Waals surface area contributed by atoms with E-state index in [4.69, 9.17) is 9.57 Å². The highest BCUT2D eigenvalue weighted by Gasteiger charge is 2.31. The molecule has 0 saturated heterocycles. The van der Waals surface area contributed by atoms with Gasteiger partial charge in [-0.25, -0.2) is 19.0 Å². The number of hydrogen-bond acceptors (Lipinski definition) is 6. The minimum atomic E-state index is -1.29. The highest BCUT2D eigenvalue weighted by Crippen LogP contribution is 2.31. The average Bonchev–Trinajstić information content (AvgIpc) is 2.74. The van der Waals surface area contributed by atoms with E-state index in [2.05, 4.69) is 10.3 Å². The zero-order valence-corrected chi connectivity index (χ0v) is 20.6. The maximum Gasteiger partial charge on any atom is 0.440 e. The highest BCUT2D eigenvalue weighted by molar-refractivity contribution is 5.99. The summed E-state index contributed by atoms with van der Waals surface area (Å²) < 4.78 is 19.8. The Morgan fingerprint density at radius 2 is 1.71 bits per heavy atom. The molecule has 0 radical (unpaired) electrons. The van der Waals surface area contributed by atoms with Crippen LogP contribution in [0.1, 0.15) is 53.1 Å². The standard InChI is InChI=1S/C26H30FN3O5/c1-25(2,3)34-24(33)30(35-26(4,5)6)22-18-12-11-17(15-16(18)13-14-28-22)29-21(23(31)32)19-9-7-8-10-20(19)27/h7-15,21,29H,1-6H3,(H,31,32). The minimum Gasteiger partial charge on any atom is -0.479 e. The summed E-state index contributed by atoms with van der Waals surface area (Å²) in [5.74, 6) is -1.62. The van der Waals surface area contributed by atoms with Gasteiger partial charge in [0.1, 0.15) is 11.4 Å². The topological polar surface area (TPSA) is 101 Å². The van der Waals surface area contributed by atoms with E-state index in [-0.39, 0.29) is 11.4 Å². The maximum absolute atomic E-state index is 14.3. The van der Waals surface area contributed by atoms with Crippen LogP contribution in [0.25, 0.3) is 10.8 Å². The van der Waals surface area contributed by atoms with Gasteiger partial charge in [0.25, 0.3) is 0 Å². The van der Waals surface area contributed by atoms with Gasteiger partial charge >= 0.3 is 12.1 Å². The number of nitrogens with one attached hydrogen (secondary N) is 1. The Bertz CT molecular complexity index is 1230. The lowest BCUT2D eigenvalue weighted by atomic mass is 10.1. The van der Waals surface area contributed by atoms with Gasteiger partial charge in [-0.15, -0.1) is 5.06 Å². The Hall–Kier alpha value is -3.72. The number of hydroxylamine groups is 1. The second kappa shape index (κ2) is 9.87. The molecule has 8 nitrogen and oxygen atoms in total. The summed E-state index contributed by atoms with van der Waals surface area (Å²) in [6, 6.07) is 11.1. The first-order valence-electron chi connectivity index (χ1n) is 11.1. The Morgan fingerprint density at radius 3 is 2.31 bits per heavy atom. The predicted molar refractivity (Wildman–Crippen MR) is 132 cm³/mol. The summed E-state index contributed by atoms with van der Waals surface area (Å²) in [4.78, 5) is 35.1. The van der Waals surface area contributed by atoms with E-state index in [1.165, 1.54) is 24.4 Å². The van der Waals surface area contributed by atoms with Gasteiger partial charge in [0.15, 0.2) is 11.9 Å². The third kappa shape index (κ3) is 6.66. The van der Waals surface area contributed by atoms with Crippen molar-refractivity contribution in [1.82, 2.24) is 4.98 Å². The fourth-order valence-electron chi connectivity index (χ4n) is 3.31. The molecule has 0 aliphatic heterocycles. The predicted octanol–water partition coefficient (Wildman–Crippen LogP) is 6.08. The highest BCUT2D eigenvalue weighted by atomic mass is 19.1. The first-order valence-corrected chi connectivity index (χ1v) is 11.1. The van der Waals surface area contributed by atoms with Crippen LogP contribution in [0, 0.1) is 5.82 Å². The summed E-state index contributed by atoms with van der Waals surface area (Å²) in [5.41, 5.74) is -1.01. The fourth-order valence-corrected chi connectivity index (χ4v) is 3.31. The molecule has 9 heteroatoms. The van der Waals surface area contributed by atoms with Crippen molar-refractivity contribution in [2.75, 3.05) is 10.4 Å². The SMILES string of the molecule is CC(C)(C)OC(=O)N(OC(C)(C)C)c1nccc2cc(NC(C(=O)O)c3ccccc3F)ccc12. The van der Waals surface area contributed by atoms with Gasteiger partial charge in [0.05, 0.1) is 5.60 Å². The Kier molecular flexibility index (Phi) is 7.30. The van der Waals surface area contributed by atoms with Gasteiger partial charge in [-0.3, -0.25) is 4.84 Å². The number of carboxylic acid groups (broad SMARTS) is 1. The number of rotatable bonds is 6. The van der Waals surface area contributed by atoms with Crippen molar-refractivity contribution in [3.05, 3.63) is 66.1 Å². The summed E-state index contributed by atoms with van der Waals surface area (Å²) in [7, 11) is 0. The van der Waals surface area contributed by atoms with Gasteiger partial charge in [-0.2, -0.15) is 0 Å². The molecule has 3 aromatic rings. The van der Waals surface area contributed by atoms with E-state index in [1.54, 1.807) is 71.9 Å². The lowest BCUT2D eigenvalue weighted by Crippen LogP contribution is -2.42. The van der Waals surface area contributed by atoms with Crippen LogP contribution in [0.5, 0.6) is 0 Å². The van der Waals surface area contributed by atoms with Crippen LogP contribution in [-0.4, -0.2) is 33.4 Å². The number of halogens is 1. The first-order chi connectivity index (χ1) is 16.2. The number of carbonyl (C=O) groups is 2. The number of carbonyl (C=O) groups excluding carboxylic acids is 1. The van der Waals surface area contributed by atoms with Crippen LogP contribution < -0.4 is 10.4 Å². The van der Waals surface area contributed by atoms with Gasteiger partial charge < -0.3 is 15.2 Å². The number of nitrogens with zero attached hydrogens (tertiary/aromatic N) is 2. The summed E-state index contributed by atoms with van der Waals surface area (Å²) in [6.45, 7) is 10.7. The molecule has 1 heterocycles. The van der Waals surface area contributed by atoms with Crippen LogP contribution in [0.4, 0.5) is 20.7 Å². The fraction of sp³-hybridized carbons (Fsp3) is 0.346. The zero-order chi connectivity index (χ0) is 26.0. The van der Waals surface area contributed by atoms with E-state index in [9.17, 15) is 19.1 Å². The molecule has 1 aromatic heterocycles. The van der Waals surface area contributed by atoms with Crippen molar-refractivity contribution in [2.24, 2.45) is 0 Å². The molecule has 1 unspecified atom stereocenters. The largest absolute Gasteiger partial charge is 0.479 e. The van der Waals surface area contributed by atoms with Gasteiger partial charge in [-0.05, 0) is 77.3 Å². The molecule has 0 fully saturated rings. The van der Waals surface area contributed by atoms with E-state index >= 15 is 0 Å². The molecule has 35 heavy (non-hydrogen) atoms. The number of aromatic nitrogens is 1. The molecular formula is C26H30FN3O5. The van der Waals surface area contributed by atoms with Crippen molar-refractivity contribution < 1.29 is 28.7 Å². The van der Waals surface area contributed by atoms with Gasteiger partial charge in [0.2, 0.25) is 0 Å². The molecule has 2 aromatic carbocycles. The number of carboxylic acids is 1. The number of pyridine rings is 1. The molecule has 0 bridgehead atoms. The van der Waals surface area contributed by atoms with Crippen molar-refractivity contribution in [3.63, 3.8) is 0 Å². The molecule has 2 N–H and O–H groups in total. The summed E-state index contributed by atoms with van der Waals surface area (Å²) in [5, 5.41) is 14.8. The molecule has 0 spiro atoms. The van der Waals surface area contributed by atoms with E-state index < -0.39 is 35.1 Å². The monoisotopic (exact) mass is 483 g/mol. The third-order valence-corrected chi connectivity index (χ3v) is 4.63. The quantitative estimate of drug-likeness (QED) is 0.410. The molecule has 1 atom stereocenters. The summed E-state index contributed by atoms with van der Waals surface area (Å²) in [6.07, 6.45) is 0.788. The molecule has 3 rings (SSSR count). The molecule has 186 valence electrons. The van der Waals surface area contributed by atoms with Crippen molar-refractivity contribution in [3.8, 4) is 0 Å². The Labute approximate surface area is 203 Å². The number of amides is 1. The first kappa shape index (κ1) is 25.9. The van der Waals surface area contributed by atoms with Crippen molar-refractivity contribution in [1.29, 1.82) is 0 Å². The average molecular weight is 484 g/mol.